The minimum absolute atomic E-state index is 0.0147. The summed E-state index contributed by atoms with van der Waals surface area (Å²) in [5.41, 5.74) is 3.26. The van der Waals surface area contributed by atoms with Gasteiger partial charge < -0.3 is 15.3 Å². The van der Waals surface area contributed by atoms with Crippen molar-refractivity contribution >= 4 is 27.7 Å². The molecule has 0 saturated carbocycles. The maximum Gasteiger partial charge on any atom is 0.226 e. The van der Waals surface area contributed by atoms with Gasteiger partial charge in [0.05, 0.1) is 17.5 Å². The Bertz CT molecular complexity index is 1130. The number of benzene rings is 2. The zero-order chi connectivity index (χ0) is 19.0. The second-order valence-electron chi connectivity index (χ2n) is 6.77. The van der Waals surface area contributed by atoms with Gasteiger partial charge in [0.25, 0.3) is 0 Å². The Morgan fingerprint density at radius 2 is 1.41 bits per heavy atom. The molecule has 6 nitrogen and oxygen atoms in total. The minimum atomic E-state index is -0.0147. The fraction of sp³-hybridized carbons (Fsp3) is 0.190. The second-order valence-corrected chi connectivity index (χ2v) is 6.77. The fourth-order valence-electron chi connectivity index (χ4n) is 3.51. The molecule has 2 heterocycles. The Morgan fingerprint density at radius 3 is 2.04 bits per heavy atom. The molecule has 0 bridgehead atoms. The van der Waals surface area contributed by atoms with Crippen LogP contribution in [0.15, 0.2) is 60.9 Å². The third-order valence-corrected chi connectivity index (χ3v) is 5.03. The molecule has 2 aromatic heterocycles. The van der Waals surface area contributed by atoms with E-state index in [1.165, 1.54) is 0 Å². The molecule has 0 aliphatic heterocycles. The SMILES string of the molecule is CN(CCc1cn(O)c2ccccc12)C(=O)Cc1cn(O)c2ccccc12. The van der Waals surface area contributed by atoms with Crippen LogP contribution in [0.5, 0.6) is 0 Å². The van der Waals surface area contributed by atoms with Crippen molar-refractivity contribution in [3.05, 3.63) is 72.1 Å². The molecule has 2 N–H and O–H groups in total. The molecule has 6 heteroatoms. The highest BCUT2D eigenvalue weighted by molar-refractivity contribution is 5.89. The first-order valence-electron chi connectivity index (χ1n) is 8.85. The number of likely N-dealkylation sites (N-methyl/N-ethyl adjacent to an activating group) is 1. The highest BCUT2D eigenvalue weighted by atomic mass is 16.5. The molecular weight excluding hydrogens is 342 g/mol. The number of hydrogen-bond donors (Lipinski definition) is 2. The predicted octanol–water partition coefficient (Wildman–Crippen LogP) is 3.31. The molecule has 0 fully saturated rings. The van der Waals surface area contributed by atoms with E-state index < -0.39 is 0 Å². The average molecular weight is 363 g/mol. The number of fused-ring (bicyclic) bond motifs is 2. The van der Waals surface area contributed by atoms with Gasteiger partial charge in [0.15, 0.2) is 0 Å². The van der Waals surface area contributed by atoms with Crippen LogP contribution in [0.1, 0.15) is 11.1 Å². The van der Waals surface area contributed by atoms with Crippen LogP contribution < -0.4 is 0 Å². The van der Waals surface area contributed by atoms with Crippen molar-refractivity contribution in [2.75, 3.05) is 13.6 Å². The zero-order valence-electron chi connectivity index (χ0n) is 15.0. The zero-order valence-corrected chi connectivity index (χ0v) is 15.0. The van der Waals surface area contributed by atoms with Crippen molar-refractivity contribution < 1.29 is 15.2 Å². The summed E-state index contributed by atoms with van der Waals surface area (Å²) in [6.07, 6.45) is 4.17. The van der Waals surface area contributed by atoms with Crippen LogP contribution in [0.25, 0.3) is 21.8 Å². The summed E-state index contributed by atoms with van der Waals surface area (Å²) in [4.78, 5) is 14.3. The predicted molar refractivity (Wildman–Crippen MR) is 103 cm³/mol. The van der Waals surface area contributed by atoms with Crippen LogP contribution in [0.3, 0.4) is 0 Å². The van der Waals surface area contributed by atoms with Crippen molar-refractivity contribution in [3.63, 3.8) is 0 Å². The topological polar surface area (TPSA) is 70.6 Å². The van der Waals surface area contributed by atoms with E-state index >= 15 is 0 Å². The van der Waals surface area contributed by atoms with E-state index in [0.29, 0.717) is 18.5 Å². The van der Waals surface area contributed by atoms with E-state index in [0.717, 1.165) is 36.9 Å². The van der Waals surface area contributed by atoms with E-state index in [9.17, 15) is 15.2 Å². The van der Waals surface area contributed by atoms with Gasteiger partial charge in [-0.15, -0.1) is 0 Å². The van der Waals surface area contributed by atoms with Crippen LogP contribution in [0.4, 0.5) is 0 Å². The van der Waals surface area contributed by atoms with Crippen LogP contribution in [0.2, 0.25) is 0 Å². The maximum absolute atomic E-state index is 12.6. The summed E-state index contributed by atoms with van der Waals surface area (Å²) in [6, 6.07) is 15.1. The molecule has 4 rings (SSSR count). The molecule has 1 amide bonds. The molecular formula is C21H21N3O3. The molecule has 0 radical (unpaired) electrons. The number of amides is 1. The second kappa shape index (κ2) is 6.72. The third kappa shape index (κ3) is 3.10. The molecule has 0 spiro atoms. The average Bonchev–Trinajstić information content (AvgIpc) is 3.17. The molecule has 27 heavy (non-hydrogen) atoms. The first kappa shape index (κ1) is 17.0. The van der Waals surface area contributed by atoms with Crippen molar-refractivity contribution in [2.24, 2.45) is 0 Å². The molecule has 0 unspecified atom stereocenters. The number of carbonyl (C=O) groups excluding carboxylic acids is 1. The Labute approximate surface area is 156 Å². The minimum Gasteiger partial charge on any atom is -0.428 e. The molecule has 4 aromatic rings. The summed E-state index contributed by atoms with van der Waals surface area (Å²) in [7, 11) is 1.78. The number of hydrogen-bond acceptors (Lipinski definition) is 3. The third-order valence-electron chi connectivity index (χ3n) is 5.03. The lowest BCUT2D eigenvalue weighted by molar-refractivity contribution is -0.129. The maximum atomic E-state index is 12.6. The first-order chi connectivity index (χ1) is 13.0. The fourth-order valence-corrected chi connectivity index (χ4v) is 3.51. The molecule has 138 valence electrons. The highest BCUT2D eigenvalue weighted by Crippen LogP contribution is 2.22. The Kier molecular flexibility index (Phi) is 4.24. The van der Waals surface area contributed by atoms with E-state index in [-0.39, 0.29) is 12.3 Å². The smallest absolute Gasteiger partial charge is 0.226 e. The van der Waals surface area contributed by atoms with Crippen LogP contribution in [-0.2, 0) is 17.6 Å². The Hall–Kier alpha value is -3.41. The van der Waals surface area contributed by atoms with Gasteiger partial charge in [0, 0.05) is 36.8 Å². The van der Waals surface area contributed by atoms with Crippen molar-refractivity contribution in [1.82, 2.24) is 14.4 Å². The van der Waals surface area contributed by atoms with Gasteiger partial charge in [-0.25, -0.2) is 0 Å². The summed E-state index contributed by atoms with van der Waals surface area (Å²) in [5, 5.41) is 21.8. The lowest BCUT2D eigenvalue weighted by Gasteiger charge is -2.16. The Morgan fingerprint density at radius 1 is 0.889 bits per heavy atom. The van der Waals surface area contributed by atoms with Gasteiger partial charge in [0.2, 0.25) is 5.91 Å². The lowest BCUT2D eigenvalue weighted by Crippen LogP contribution is -2.30. The summed E-state index contributed by atoms with van der Waals surface area (Å²) in [6.45, 7) is 0.546. The van der Waals surface area contributed by atoms with E-state index in [1.807, 2.05) is 48.5 Å². The number of para-hydroxylation sites is 2. The summed E-state index contributed by atoms with van der Waals surface area (Å²) in [5.74, 6) is -0.0147. The van der Waals surface area contributed by atoms with Crippen LogP contribution in [-0.4, -0.2) is 44.3 Å². The standard InChI is InChI=1S/C21H21N3O3/c1-22(11-10-15-13-23(26)19-8-4-2-6-17(15)19)21(25)12-16-14-24(27)20-9-5-3-7-18(16)20/h2-9,13-14,26-27H,10-12H2,1H3. The van der Waals surface area contributed by atoms with Crippen molar-refractivity contribution in [2.45, 2.75) is 12.8 Å². The van der Waals surface area contributed by atoms with Crippen molar-refractivity contribution in [1.29, 1.82) is 0 Å². The van der Waals surface area contributed by atoms with Gasteiger partial charge in [0.1, 0.15) is 0 Å². The number of aromatic nitrogens is 2. The lowest BCUT2D eigenvalue weighted by atomic mass is 10.1. The van der Waals surface area contributed by atoms with E-state index in [2.05, 4.69) is 0 Å². The number of nitrogens with zero attached hydrogens (tertiary/aromatic N) is 3. The quantitative estimate of drug-likeness (QED) is 0.535. The molecule has 2 aromatic carbocycles. The van der Waals surface area contributed by atoms with Crippen LogP contribution in [0, 0.1) is 0 Å². The van der Waals surface area contributed by atoms with Gasteiger partial charge in [-0.05, 0) is 29.7 Å². The van der Waals surface area contributed by atoms with Gasteiger partial charge >= 0.3 is 0 Å². The molecule has 0 aliphatic carbocycles. The Balaban J connectivity index is 1.46. The molecule has 0 saturated heterocycles. The van der Waals surface area contributed by atoms with E-state index in [1.54, 1.807) is 24.3 Å². The molecule has 0 aliphatic rings. The monoisotopic (exact) mass is 363 g/mol. The number of rotatable bonds is 5. The normalized spacial score (nSPS) is 11.3. The van der Waals surface area contributed by atoms with Crippen molar-refractivity contribution in [3.8, 4) is 0 Å². The van der Waals surface area contributed by atoms with Gasteiger partial charge in [-0.3, -0.25) is 4.79 Å². The highest BCUT2D eigenvalue weighted by Gasteiger charge is 2.15. The first-order valence-corrected chi connectivity index (χ1v) is 8.85. The van der Waals surface area contributed by atoms with Crippen LogP contribution >= 0.6 is 0 Å². The summed E-state index contributed by atoms with van der Waals surface area (Å²) >= 11 is 0. The largest absolute Gasteiger partial charge is 0.428 e. The number of carbonyl (C=O) groups is 1. The van der Waals surface area contributed by atoms with Gasteiger partial charge in [-0.2, -0.15) is 9.46 Å². The van der Waals surface area contributed by atoms with E-state index in [4.69, 9.17) is 0 Å². The molecule has 0 atom stereocenters. The summed E-state index contributed by atoms with van der Waals surface area (Å²) < 4.78 is 2.19. The van der Waals surface area contributed by atoms with Gasteiger partial charge in [-0.1, -0.05) is 36.4 Å².